The average molecular weight is 358 g/mol. The van der Waals surface area contributed by atoms with Gasteiger partial charge in [-0.2, -0.15) is 0 Å². The zero-order valence-electron chi connectivity index (χ0n) is 14.1. The normalized spacial score (nSPS) is 15.8. The van der Waals surface area contributed by atoms with Crippen molar-refractivity contribution in [3.05, 3.63) is 40.6 Å². The van der Waals surface area contributed by atoms with E-state index >= 15 is 0 Å². The Bertz CT molecular complexity index is 728. The van der Waals surface area contributed by atoms with E-state index in [2.05, 4.69) is 11.4 Å². The van der Waals surface area contributed by atoms with Gasteiger partial charge in [0.15, 0.2) is 11.5 Å². The number of anilines is 1. The molecule has 1 amide bonds. The summed E-state index contributed by atoms with van der Waals surface area (Å²) in [5, 5.41) is 5.33. The van der Waals surface area contributed by atoms with Crippen molar-refractivity contribution in [3.8, 4) is 11.5 Å². The minimum Gasteiger partial charge on any atom is -0.486 e. The Kier molecular flexibility index (Phi) is 4.90. The van der Waals surface area contributed by atoms with Crippen molar-refractivity contribution in [1.82, 2.24) is 5.32 Å². The molecule has 0 spiro atoms. The van der Waals surface area contributed by atoms with E-state index in [-0.39, 0.29) is 5.91 Å². The third-order valence-corrected chi connectivity index (χ3v) is 5.30. The van der Waals surface area contributed by atoms with Crippen LogP contribution in [-0.2, 0) is 11.3 Å². The van der Waals surface area contributed by atoms with Crippen LogP contribution in [0.4, 0.5) is 5.69 Å². The molecule has 0 saturated heterocycles. The minimum atomic E-state index is 0.0747. The van der Waals surface area contributed by atoms with Crippen LogP contribution in [0.3, 0.4) is 0 Å². The maximum atomic E-state index is 12.8. The summed E-state index contributed by atoms with van der Waals surface area (Å²) in [6.45, 7) is 2.96. The number of nitrogens with one attached hydrogen (secondary N) is 1. The summed E-state index contributed by atoms with van der Waals surface area (Å²) < 4.78 is 11.3. The summed E-state index contributed by atoms with van der Waals surface area (Å²) in [7, 11) is 0. The molecule has 2 aromatic rings. The Morgan fingerprint density at radius 2 is 2.04 bits per heavy atom. The Labute approximate surface area is 151 Å². The summed E-state index contributed by atoms with van der Waals surface area (Å²) in [5.41, 5.74) is 0.843. The van der Waals surface area contributed by atoms with E-state index in [4.69, 9.17) is 9.47 Å². The zero-order valence-corrected chi connectivity index (χ0v) is 14.9. The molecule has 0 unspecified atom stereocenters. The van der Waals surface area contributed by atoms with Gasteiger partial charge >= 0.3 is 0 Å². The maximum Gasteiger partial charge on any atom is 0.241 e. The smallest absolute Gasteiger partial charge is 0.241 e. The standard InChI is InChI=1S/C19H22N2O3S/c22-19(12-20-11-14-3-4-14)21(13-16-2-1-9-25-16)15-5-6-17-18(10-15)24-8-7-23-17/h1-2,5-6,9-10,14,20H,3-4,7-8,11-13H2. The van der Waals surface area contributed by atoms with E-state index in [1.807, 2.05) is 34.5 Å². The summed E-state index contributed by atoms with van der Waals surface area (Å²) >= 11 is 1.66. The first kappa shape index (κ1) is 16.4. The minimum absolute atomic E-state index is 0.0747. The van der Waals surface area contributed by atoms with Crippen LogP contribution in [0, 0.1) is 5.92 Å². The fourth-order valence-corrected chi connectivity index (χ4v) is 3.58. The van der Waals surface area contributed by atoms with Crippen molar-refractivity contribution >= 4 is 22.9 Å². The van der Waals surface area contributed by atoms with E-state index in [9.17, 15) is 4.79 Å². The number of hydrogen-bond donors (Lipinski definition) is 1. The van der Waals surface area contributed by atoms with Gasteiger partial charge < -0.3 is 19.7 Å². The molecule has 1 saturated carbocycles. The van der Waals surface area contributed by atoms with Crippen LogP contribution in [0.15, 0.2) is 35.7 Å². The van der Waals surface area contributed by atoms with Crippen LogP contribution in [0.1, 0.15) is 17.7 Å². The highest BCUT2D eigenvalue weighted by Crippen LogP contribution is 2.34. The molecule has 0 bridgehead atoms. The summed E-state index contributed by atoms with van der Waals surface area (Å²) in [6.07, 6.45) is 2.56. The lowest BCUT2D eigenvalue weighted by molar-refractivity contribution is -0.117. The van der Waals surface area contributed by atoms with Crippen molar-refractivity contribution in [1.29, 1.82) is 0 Å². The Balaban J connectivity index is 1.52. The largest absolute Gasteiger partial charge is 0.486 e. The van der Waals surface area contributed by atoms with E-state index in [0.29, 0.717) is 32.1 Å². The molecule has 1 N–H and O–H groups in total. The van der Waals surface area contributed by atoms with Gasteiger partial charge in [-0.25, -0.2) is 0 Å². The van der Waals surface area contributed by atoms with Gasteiger partial charge in [0.25, 0.3) is 0 Å². The first-order valence-corrected chi connectivity index (χ1v) is 9.60. The third kappa shape index (κ3) is 4.14. The molecule has 2 aliphatic rings. The first-order valence-electron chi connectivity index (χ1n) is 8.73. The lowest BCUT2D eigenvalue weighted by Gasteiger charge is -2.25. The highest BCUT2D eigenvalue weighted by atomic mass is 32.1. The Morgan fingerprint density at radius 1 is 1.20 bits per heavy atom. The highest BCUT2D eigenvalue weighted by Gasteiger charge is 2.23. The second-order valence-electron chi connectivity index (χ2n) is 6.46. The van der Waals surface area contributed by atoms with Crippen LogP contribution < -0.4 is 19.7 Å². The highest BCUT2D eigenvalue weighted by molar-refractivity contribution is 7.09. The fraction of sp³-hybridized carbons (Fsp3) is 0.421. The van der Waals surface area contributed by atoms with Crippen molar-refractivity contribution in [3.63, 3.8) is 0 Å². The molecule has 4 rings (SSSR count). The monoisotopic (exact) mass is 358 g/mol. The molecule has 2 heterocycles. The predicted octanol–water partition coefficient (Wildman–Crippen LogP) is 3.05. The second kappa shape index (κ2) is 7.45. The van der Waals surface area contributed by atoms with Gasteiger partial charge in [0.05, 0.1) is 13.1 Å². The SMILES string of the molecule is O=C(CNCC1CC1)N(Cc1cccs1)c1ccc2c(c1)OCCO2. The van der Waals surface area contributed by atoms with Gasteiger partial charge in [-0.1, -0.05) is 6.07 Å². The quantitative estimate of drug-likeness (QED) is 0.826. The van der Waals surface area contributed by atoms with Crippen molar-refractivity contribution in [2.24, 2.45) is 5.92 Å². The summed E-state index contributed by atoms with van der Waals surface area (Å²) in [4.78, 5) is 15.8. The molecule has 1 aromatic carbocycles. The lowest BCUT2D eigenvalue weighted by atomic mass is 10.2. The zero-order chi connectivity index (χ0) is 17.1. The molecule has 1 fully saturated rings. The van der Waals surface area contributed by atoms with E-state index < -0.39 is 0 Å². The molecule has 5 nitrogen and oxygen atoms in total. The predicted molar refractivity (Wildman–Crippen MR) is 98.5 cm³/mol. The van der Waals surface area contributed by atoms with Gasteiger partial charge in [0.2, 0.25) is 5.91 Å². The number of hydrogen-bond acceptors (Lipinski definition) is 5. The number of carbonyl (C=O) groups is 1. The van der Waals surface area contributed by atoms with Crippen LogP contribution in [-0.4, -0.2) is 32.2 Å². The Morgan fingerprint density at radius 3 is 2.80 bits per heavy atom. The molecular formula is C19H22N2O3S. The number of fused-ring (bicyclic) bond motifs is 1. The van der Waals surface area contributed by atoms with Crippen molar-refractivity contribution in [2.75, 3.05) is 31.2 Å². The van der Waals surface area contributed by atoms with Crippen LogP contribution in [0.2, 0.25) is 0 Å². The van der Waals surface area contributed by atoms with Crippen molar-refractivity contribution < 1.29 is 14.3 Å². The molecule has 25 heavy (non-hydrogen) atoms. The number of amides is 1. The maximum absolute atomic E-state index is 12.8. The fourth-order valence-electron chi connectivity index (χ4n) is 2.88. The number of thiophene rings is 1. The number of ether oxygens (including phenoxy) is 2. The van der Waals surface area contributed by atoms with Gasteiger partial charge in [-0.3, -0.25) is 4.79 Å². The van der Waals surface area contributed by atoms with E-state index in [1.165, 1.54) is 12.8 Å². The van der Waals surface area contributed by atoms with Crippen LogP contribution in [0.5, 0.6) is 11.5 Å². The van der Waals surface area contributed by atoms with Crippen LogP contribution in [0.25, 0.3) is 0 Å². The van der Waals surface area contributed by atoms with Gasteiger partial charge in [0, 0.05) is 16.6 Å². The summed E-state index contributed by atoms with van der Waals surface area (Å²) in [6, 6.07) is 9.79. The molecule has 1 aliphatic heterocycles. The molecule has 1 aromatic heterocycles. The van der Waals surface area contributed by atoms with Gasteiger partial charge in [-0.15, -0.1) is 11.3 Å². The first-order chi connectivity index (χ1) is 12.3. The average Bonchev–Trinajstić information content (AvgIpc) is 3.32. The number of carbonyl (C=O) groups excluding carboxylic acids is 1. The molecule has 0 radical (unpaired) electrons. The number of nitrogens with zero attached hydrogens (tertiary/aromatic N) is 1. The van der Waals surface area contributed by atoms with Gasteiger partial charge in [-0.05, 0) is 48.9 Å². The number of benzene rings is 1. The third-order valence-electron chi connectivity index (χ3n) is 4.44. The number of rotatable bonds is 7. The summed E-state index contributed by atoms with van der Waals surface area (Å²) in [5.74, 6) is 2.28. The van der Waals surface area contributed by atoms with E-state index in [0.717, 1.165) is 28.8 Å². The molecule has 132 valence electrons. The molecular weight excluding hydrogens is 336 g/mol. The molecule has 1 aliphatic carbocycles. The van der Waals surface area contributed by atoms with Crippen molar-refractivity contribution in [2.45, 2.75) is 19.4 Å². The Hall–Kier alpha value is -2.05. The van der Waals surface area contributed by atoms with Crippen LogP contribution >= 0.6 is 11.3 Å². The van der Waals surface area contributed by atoms with Gasteiger partial charge in [0.1, 0.15) is 13.2 Å². The second-order valence-corrected chi connectivity index (χ2v) is 7.49. The molecule has 0 atom stereocenters. The lowest BCUT2D eigenvalue weighted by Crippen LogP contribution is -2.38. The van der Waals surface area contributed by atoms with E-state index in [1.54, 1.807) is 11.3 Å². The molecule has 6 heteroatoms. The topological polar surface area (TPSA) is 50.8 Å².